The zero-order valence-corrected chi connectivity index (χ0v) is 12.0. The van der Waals surface area contributed by atoms with Gasteiger partial charge in [0.1, 0.15) is 6.61 Å². The summed E-state index contributed by atoms with van der Waals surface area (Å²) >= 11 is 0. The fraction of sp³-hybridized carbons (Fsp3) is 0.278. The first-order valence-electron chi connectivity index (χ1n) is 7.16. The van der Waals surface area contributed by atoms with E-state index in [4.69, 9.17) is 9.47 Å². The molecule has 0 heterocycles. The molecule has 21 heavy (non-hydrogen) atoms. The average Bonchev–Trinajstić information content (AvgIpc) is 2.54. The Hall–Kier alpha value is -2.13. The molecule has 0 amide bonds. The number of carbonyl (C=O) groups is 1. The first-order chi connectivity index (χ1) is 10.3. The van der Waals surface area contributed by atoms with Crippen molar-refractivity contribution in [1.29, 1.82) is 0 Å². The number of esters is 1. The quantitative estimate of drug-likeness (QED) is 0.552. The van der Waals surface area contributed by atoms with Crippen LogP contribution >= 0.6 is 0 Å². The first kappa shape index (κ1) is 15.3. The Morgan fingerprint density at radius 3 is 1.86 bits per heavy atom. The van der Waals surface area contributed by atoms with Crippen LogP contribution in [0.3, 0.4) is 0 Å². The van der Waals surface area contributed by atoms with E-state index in [-0.39, 0.29) is 12.6 Å². The molecule has 0 aliphatic rings. The summed E-state index contributed by atoms with van der Waals surface area (Å²) in [6, 6.07) is 20.0. The number of carbonyl (C=O) groups excluding carboxylic acids is 1. The van der Waals surface area contributed by atoms with Gasteiger partial charge < -0.3 is 9.47 Å². The minimum Gasteiger partial charge on any atom is -0.464 e. The van der Waals surface area contributed by atoms with Crippen LogP contribution in [-0.2, 0) is 27.1 Å². The lowest BCUT2D eigenvalue weighted by atomic mass is 10.2. The number of rotatable bonds is 8. The molecule has 0 N–H and O–H groups in total. The van der Waals surface area contributed by atoms with Gasteiger partial charge in [0.2, 0.25) is 0 Å². The summed E-state index contributed by atoms with van der Waals surface area (Å²) in [6.45, 7) is 0.935. The van der Waals surface area contributed by atoms with Gasteiger partial charge in [-0.05, 0) is 17.5 Å². The topological polar surface area (TPSA) is 35.5 Å². The highest BCUT2D eigenvalue weighted by Gasteiger charge is 2.03. The molecule has 3 heteroatoms. The Balaban J connectivity index is 1.54. The monoisotopic (exact) mass is 284 g/mol. The molecule has 2 rings (SSSR count). The van der Waals surface area contributed by atoms with E-state index >= 15 is 0 Å². The van der Waals surface area contributed by atoms with Crippen molar-refractivity contribution in [2.45, 2.75) is 12.8 Å². The predicted octanol–water partition coefficient (Wildman–Crippen LogP) is 3.03. The highest BCUT2D eigenvalue weighted by Crippen LogP contribution is 2.01. The van der Waals surface area contributed by atoms with E-state index in [0.29, 0.717) is 13.2 Å². The van der Waals surface area contributed by atoms with Gasteiger partial charge in [0, 0.05) is 6.42 Å². The lowest BCUT2D eigenvalue weighted by Crippen LogP contribution is -2.15. The summed E-state index contributed by atoms with van der Waals surface area (Å²) in [6.07, 6.45) is 1.54. The second-order valence-electron chi connectivity index (χ2n) is 4.74. The molecule has 0 aliphatic heterocycles. The van der Waals surface area contributed by atoms with Gasteiger partial charge in [-0.3, -0.25) is 0 Å². The maximum absolute atomic E-state index is 11.5. The molecule has 0 saturated heterocycles. The number of benzene rings is 2. The van der Waals surface area contributed by atoms with Crippen LogP contribution in [0, 0.1) is 0 Å². The van der Waals surface area contributed by atoms with Gasteiger partial charge in [0.15, 0.2) is 0 Å². The summed E-state index contributed by atoms with van der Waals surface area (Å²) in [7, 11) is 0. The van der Waals surface area contributed by atoms with Gasteiger partial charge in [0.25, 0.3) is 0 Å². The van der Waals surface area contributed by atoms with Crippen molar-refractivity contribution in [2.24, 2.45) is 0 Å². The molecule has 110 valence electrons. The molecule has 0 radical (unpaired) electrons. The fourth-order valence-corrected chi connectivity index (χ4v) is 1.96. The lowest BCUT2D eigenvalue weighted by Gasteiger charge is -2.06. The molecule has 0 fully saturated rings. The minimum absolute atomic E-state index is 0.0155. The van der Waals surface area contributed by atoms with Crippen molar-refractivity contribution in [3.05, 3.63) is 71.8 Å². The Kier molecular flexibility index (Phi) is 6.49. The van der Waals surface area contributed by atoms with Crippen molar-refractivity contribution in [3.63, 3.8) is 0 Å². The van der Waals surface area contributed by atoms with Crippen LogP contribution in [0.4, 0.5) is 0 Å². The molecule has 0 unspecified atom stereocenters. The second-order valence-corrected chi connectivity index (χ2v) is 4.74. The zero-order chi connectivity index (χ0) is 14.8. The van der Waals surface area contributed by atoms with Gasteiger partial charge in [-0.1, -0.05) is 60.7 Å². The Morgan fingerprint density at radius 2 is 1.29 bits per heavy atom. The van der Waals surface area contributed by atoms with Crippen LogP contribution in [-0.4, -0.2) is 25.8 Å². The molecule has 0 spiro atoms. The summed E-state index contributed by atoms with van der Waals surface area (Å²) in [4.78, 5) is 11.5. The highest BCUT2D eigenvalue weighted by molar-refractivity contribution is 5.70. The van der Waals surface area contributed by atoms with Crippen molar-refractivity contribution < 1.29 is 14.3 Å². The molecule has 0 bridgehead atoms. The fourth-order valence-electron chi connectivity index (χ4n) is 1.96. The molecule has 0 aliphatic carbocycles. The summed E-state index contributed by atoms with van der Waals surface area (Å²) in [5, 5.41) is 0. The second kappa shape index (κ2) is 8.93. The van der Waals surface area contributed by atoms with E-state index in [1.54, 1.807) is 0 Å². The predicted molar refractivity (Wildman–Crippen MR) is 82.1 cm³/mol. The maximum Gasteiger partial charge on any atom is 0.332 e. The van der Waals surface area contributed by atoms with E-state index in [1.807, 2.05) is 60.7 Å². The van der Waals surface area contributed by atoms with Crippen LogP contribution < -0.4 is 0 Å². The van der Waals surface area contributed by atoms with Gasteiger partial charge in [-0.2, -0.15) is 0 Å². The van der Waals surface area contributed by atoms with E-state index < -0.39 is 0 Å². The molecular formula is C18H20O3. The third kappa shape index (κ3) is 6.23. The van der Waals surface area contributed by atoms with Crippen molar-refractivity contribution in [3.8, 4) is 0 Å². The van der Waals surface area contributed by atoms with E-state index in [1.165, 1.54) is 5.56 Å². The van der Waals surface area contributed by atoms with Crippen LogP contribution in [0.1, 0.15) is 11.1 Å². The minimum atomic E-state index is -0.306. The van der Waals surface area contributed by atoms with Gasteiger partial charge in [0.05, 0.1) is 13.2 Å². The summed E-state index contributed by atoms with van der Waals surface area (Å²) in [5.74, 6) is -0.306. The van der Waals surface area contributed by atoms with Crippen molar-refractivity contribution in [2.75, 3.05) is 19.8 Å². The third-order valence-corrected chi connectivity index (χ3v) is 3.09. The molecular weight excluding hydrogens is 264 g/mol. The van der Waals surface area contributed by atoms with Gasteiger partial charge in [-0.15, -0.1) is 0 Å². The summed E-state index contributed by atoms with van der Waals surface area (Å²) < 4.78 is 10.5. The Morgan fingerprint density at radius 1 is 0.762 bits per heavy atom. The summed E-state index contributed by atoms with van der Waals surface area (Å²) in [5.41, 5.74) is 2.37. The van der Waals surface area contributed by atoms with E-state index in [0.717, 1.165) is 18.4 Å². The van der Waals surface area contributed by atoms with Crippen LogP contribution in [0.2, 0.25) is 0 Å². The first-order valence-corrected chi connectivity index (χ1v) is 7.16. The lowest BCUT2D eigenvalue weighted by molar-refractivity contribution is -0.148. The van der Waals surface area contributed by atoms with Crippen molar-refractivity contribution >= 4 is 5.97 Å². The standard InChI is InChI=1S/C18H20O3/c19-18(21-14-12-17-9-5-2-6-10-17)15-20-13-11-16-7-3-1-4-8-16/h1-10H,11-15H2. The van der Waals surface area contributed by atoms with Crippen molar-refractivity contribution in [1.82, 2.24) is 0 Å². The SMILES string of the molecule is O=C(COCCc1ccccc1)OCCc1ccccc1. The highest BCUT2D eigenvalue weighted by atomic mass is 16.6. The number of hydrogen-bond acceptors (Lipinski definition) is 3. The van der Waals surface area contributed by atoms with E-state index in [9.17, 15) is 4.79 Å². The van der Waals surface area contributed by atoms with Crippen LogP contribution in [0.5, 0.6) is 0 Å². The maximum atomic E-state index is 11.5. The third-order valence-electron chi connectivity index (χ3n) is 3.09. The molecule has 0 saturated carbocycles. The average molecular weight is 284 g/mol. The van der Waals surface area contributed by atoms with Gasteiger partial charge in [-0.25, -0.2) is 4.79 Å². The van der Waals surface area contributed by atoms with Gasteiger partial charge >= 0.3 is 5.97 Å². The zero-order valence-electron chi connectivity index (χ0n) is 12.0. The smallest absolute Gasteiger partial charge is 0.332 e. The molecule has 3 nitrogen and oxygen atoms in total. The molecule has 2 aromatic rings. The number of ether oxygens (including phenoxy) is 2. The Bertz CT molecular complexity index is 523. The number of hydrogen-bond donors (Lipinski definition) is 0. The van der Waals surface area contributed by atoms with Crippen LogP contribution in [0.25, 0.3) is 0 Å². The van der Waals surface area contributed by atoms with E-state index in [2.05, 4.69) is 0 Å². The molecule has 2 aromatic carbocycles. The Labute approximate surface area is 125 Å². The molecule has 0 aromatic heterocycles. The van der Waals surface area contributed by atoms with Crippen LogP contribution in [0.15, 0.2) is 60.7 Å². The molecule has 0 atom stereocenters. The largest absolute Gasteiger partial charge is 0.464 e. The normalized spacial score (nSPS) is 10.3.